The van der Waals surface area contributed by atoms with Gasteiger partial charge in [0.25, 0.3) is 11.6 Å². The molecule has 0 saturated heterocycles. The molecule has 0 aliphatic rings. The predicted molar refractivity (Wildman–Crippen MR) is 116 cm³/mol. The Morgan fingerprint density at radius 1 is 1.10 bits per heavy atom. The van der Waals surface area contributed by atoms with E-state index >= 15 is 0 Å². The predicted octanol–water partition coefficient (Wildman–Crippen LogP) is 4.05. The molecular weight excluding hydrogens is 426 g/mol. The van der Waals surface area contributed by atoms with E-state index in [1.54, 1.807) is 0 Å². The van der Waals surface area contributed by atoms with Crippen LogP contribution in [0.5, 0.6) is 0 Å². The third-order valence-corrected chi connectivity index (χ3v) is 6.14. The normalized spacial score (nSPS) is 10.5. The number of non-ortho nitro benzene ring substituents is 1. The number of carbonyl (C=O) groups is 2. The van der Waals surface area contributed by atoms with Gasteiger partial charge in [-0.15, -0.1) is 10.2 Å². The van der Waals surface area contributed by atoms with Crippen molar-refractivity contribution in [1.82, 2.24) is 10.2 Å². The molecule has 9 nitrogen and oxygen atoms in total. The van der Waals surface area contributed by atoms with Gasteiger partial charge < -0.3 is 5.32 Å². The van der Waals surface area contributed by atoms with Crippen LogP contribution >= 0.6 is 23.1 Å². The molecule has 11 heteroatoms. The van der Waals surface area contributed by atoms with Crippen molar-refractivity contribution in [2.45, 2.75) is 18.2 Å². The van der Waals surface area contributed by atoms with E-state index in [1.165, 1.54) is 36.0 Å². The molecule has 0 aliphatic heterocycles. The van der Waals surface area contributed by atoms with Crippen LogP contribution in [0.2, 0.25) is 0 Å². The lowest BCUT2D eigenvalue weighted by Gasteiger charge is -2.09. The average molecular weight is 444 g/mol. The van der Waals surface area contributed by atoms with Gasteiger partial charge in [0, 0.05) is 23.4 Å². The average Bonchev–Trinajstić information content (AvgIpc) is 3.17. The van der Waals surface area contributed by atoms with Gasteiger partial charge in [-0.05, 0) is 43.2 Å². The van der Waals surface area contributed by atoms with Crippen molar-refractivity contribution in [3.8, 4) is 0 Å². The lowest BCUT2D eigenvalue weighted by Crippen LogP contribution is -2.15. The fourth-order valence-electron chi connectivity index (χ4n) is 2.42. The van der Waals surface area contributed by atoms with Crippen molar-refractivity contribution in [3.05, 3.63) is 69.3 Å². The van der Waals surface area contributed by atoms with Crippen LogP contribution in [-0.4, -0.2) is 32.7 Å². The number of hydrogen-bond acceptors (Lipinski definition) is 8. The van der Waals surface area contributed by atoms with E-state index in [4.69, 9.17) is 0 Å². The van der Waals surface area contributed by atoms with Gasteiger partial charge >= 0.3 is 0 Å². The summed E-state index contributed by atoms with van der Waals surface area (Å²) in [6.07, 6.45) is 0. The number of thioether (sulfide) groups is 1. The van der Waals surface area contributed by atoms with E-state index in [0.717, 1.165) is 28.2 Å². The lowest BCUT2D eigenvalue weighted by molar-refractivity contribution is -0.384. The summed E-state index contributed by atoms with van der Waals surface area (Å²) in [7, 11) is 0. The zero-order chi connectivity index (χ0) is 21.7. The van der Waals surface area contributed by atoms with Crippen LogP contribution in [0.4, 0.5) is 16.5 Å². The summed E-state index contributed by atoms with van der Waals surface area (Å²) in [5.41, 5.74) is 3.05. The molecule has 2 N–H and O–H groups in total. The van der Waals surface area contributed by atoms with Gasteiger partial charge in [0.15, 0.2) is 4.34 Å². The quantitative estimate of drug-likeness (QED) is 0.244. The molecule has 0 saturated carbocycles. The van der Waals surface area contributed by atoms with E-state index in [0.29, 0.717) is 4.34 Å². The Labute approximate surface area is 180 Å². The van der Waals surface area contributed by atoms with Crippen molar-refractivity contribution in [1.29, 1.82) is 0 Å². The minimum absolute atomic E-state index is 0.0970. The van der Waals surface area contributed by atoms with Gasteiger partial charge in [0.05, 0.1) is 10.7 Å². The Balaban J connectivity index is 1.53. The van der Waals surface area contributed by atoms with Crippen molar-refractivity contribution in [3.63, 3.8) is 0 Å². The molecule has 0 radical (unpaired) electrons. The Hall–Kier alpha value is -3.31. The summed E-state index contributed by atoms with van der Waals surface area (Å²) in [5, 5.41) is 24.3. The minimum atomic E-state index is -0.535. The van der Waals surface area contributed by atoms with Crippen LogP contribution in [0.15, 0.2) is 46.8 Å². The maximum absolute atomic E-state index is 12.2. The zero-order valence-electron chi connectivity index (χ0n) is 16.0. The number of aryl methyl sites for hydroxylation is 1. The highest BCUT2D eigenvalue weighted by atomic mass is 32.2. The molecule has 0 fully saturated rings. The second kappa shape index (κ2) is 9.46. The molecule has 0 bridgehead atoms. The molecule has 3 aromatic rings. The minimum Gasteiger partial charge on any atom is -0.325 e. The molecule has 0 unspecified atom stereocenters. The number of nitro groups is 1. The Morgan fingerprint density at radius 3 is 2.53 bits per heavy atom. The molecule has 0 atom stereocenters. The molecule has 154 valence electrons. The number of hydrogen-bond donors (Lipinski definition) is 2. The van der Waals surface area contributed by atoms with Crippen LogP contribution < -0.4 is 10.6 Å². The molecule has 1 aromatic heterocycles. The summed E-state index contributed by atoms with van der Waals surface area (Å²) in [6, 6.07) is 10.9. The monoisotopic (exact) mass is 443 g/mol. The van der Waals surface area contributed by atoms with E-state index in [9.17, 15) is 19.7 Å². The van der Waals surface area contributed by atoms with Gasteiger partial charge in [-0.25, -0.2) is 0 Å². The van der Waals surface area contributed by atoms with Gasteiger partial charge in [-0.1, -0.05) is 35.2 Å². The third kappa shape index (κ3) is 5.39. The van der Waals surface area contributed by atoms with Crippen molar-refractivity contribution < 1.29 is 14.5 Å². The van der Waals surface area contributed by atoms with Crippen molar-refractivity contribution >= 4 is 51.4 Å². The van der Waals surface area contributed by atoms with E-state index in [-0.39, 0.29) is 28.0 Å². The first-order valence-electron chi connectivity index (χ1n) is 8.71. The van der Waals surface area contributed by atoms with E-state index in [2.05, 4.69) is 20.8 Å². The fraction of sp³-hybridized carbons (Fsp3) is 0.158. The van der Waals surface area contributed by atoms with Crippen LogP contribution in [0.1, 0.15) is 21.5 Å². The Kier molecular flexibility index (Phi) is 6.75. The highest BCUT2D eigenvalue weighted by molar-refractivity contribution is 8.01. The van der Waals surface area contributed by atoms with Gasteiger partial charge in [0.2, 0.25) is 11.0 Å². The number of carbonyl (C=O) groups excluding carboxylic acids is 2. The molecule has 30 heavy (non-hydrogen) atoms. The van der Waals surface area contributed by atoms with Crippen LogP contribution in [0.3, 0.4) is 0 Å². The lowest BCUT2D eigenvalue weighted by atomic mass is 10.1. The van der Waals surface area contributed by atoms with Crippen LogP contribution in [0, 0.1) is 24.0 Å². The van der Waals surface area contributed by atoms with Crippen LogP contribution in [0.25, 0.3) is 0 Å². The third-order valence-electron chi connectivity index (χ3n) is 4.17. The zero-order valence-corrected chi connectivity index (χ0v) is 17.7. The number of benzene rings is 2. The Bertz CT molecular complexity index is 1100. The number of nitro benzene ring substituents is 1. The summed E-state index contributed by atoms with van der Waals surface area (Å²) in [5.74, 6) is -0.469. The number of nitrogens with zero attached hydrogens (tertiary/aromatic N) is 3. The van der Waals surface area contributed by atoms with Gasteiger partial charge in [-0.3, -0.25) is 25.0 Å². The standard InChI is InChI=1S/C19H17N5O4S2/c1-11-4-3-5-15(12(11)2)20-16(25)10-29-19-23-22-18(30-19)21-17(26)13-6-8-14(9-7-13)24(27)28/h3-9H,10H2,1-2H3,(H,20,25)(H,21,22,26). The summed E-state index contributed by atoms with van der Waals surface area (Å²) in [4.78, 5) is 34.6. The SMILES string of the molecule is Cc1cccc(NC(=O)CSc2nnc(NC(=O)c3ccc([N+](=O)[O-])cc3)s2)c1C. The molecular formula is C19H17N5O4S2. The number of rotatable bonds is 7. The number of anilines is 2. The fourth-order valence-corrected chi connectivity index (χ4v) is 3.97. The highest BCUT2D eigenvalue weighted by Crippen LogP contribution is 2.26. The highest BCUT2D eigenvalue weighted by Gasteiger charge is 2.14. The molecule has 2 amide bonds. The van der Waals surface area contributed by atoms with Gasteiger partial charge in [-0.2, -0.15) is 0 Å². The molecule has 0 aliphatic carbocycles. The summed E-state index contributed by atoms with van der Waals surface area (Å²) in [6.45, 7) is 3.93. The second-order valence-corrected chi connectivity index (χ2v) is 8.42. The van der Waals surface area contributed by atoms with E-state index in [1.807, 2.05) is 32.0 Å². The van der Waals surface area contributed by atoms with Crippen molar-refractivity contribution in [2.75, 3.05) is 16.4 Å². The largest absolute Gasteiger partial charge is 0.325 e. The number of amides is 2. The topological polar surface area (TPSA) is 127 Å². The maximum Gasteiger partial charge on any atom is 0.269 e. The van der Waals surface area contributed by atoms with Gasteiger partial charge in [0.1, 0.15) is 0 Å². The smallest absolute Gasteiger partial charge is 0.269 e. The van der Waals surface area contributed by atoms with E-state index < -0.39 is 10.8 Å². The first kappa shape index (κ1) is 21.4. The maximum atomic E-state index is 12.2. The molecule has 0 spiro atoms. The number of nitrogens with one attached hydrogen (secondary N) is 2. The number of aromatic nitrogens is 2. The second-order valence-electron chi connectivity index (χ2n) is 6.22. The molecule has 2 aromatic carbocycles. The van der Waals surface area contributed by atoms with Crippen LogP contribution in [-0.2, 0) is 4.79 Å². The molecule has 1 heterocycles. The first-order chi connectivity index (χ1) is 14.3. The van der Waals surface area contributed by atoms with Crippen molar-refractivity contribution in [2.24, 2.45) is 0 Å². The Morgan fingerprint density at radius 2 is 1.83 bits per heavy atom. The first-order valence-corrected chi connectivity index (χ1v) is 10.5. The summed E-state index contributed by atoms with van der Waals surface area (Å²) < 4.78 is 0.533. The summed E-state index contributed by atoms with van der Waals surface area (Å²) >= 11 is 2.35. The molecule has 3 rings (SSSR count).